The standard InChI is InChI=1S/C18H30N2O/c1-4-11-21-18-13-14(2)16(12-15(18)3)17(7-8-19)20-9-5-6-10-20/h12-13,17H,4-11,19H2,1-3H3. The molecule has 2 N–H and O–H groups in total. The van der Waals surface area contributed by atoms with E-state index in [0.29, 0.717) is 6.04 Å². The van der Waals surface area contributed by atoms with E-state index in [1.54, 1.807) is 0 Å². The molecular weight excluding hydrogens is 260 g/mol. The lowest BCUT2D eigenvalue weighted by Gasteiger charge is -2.29. The molecule has 0 aromatic heterocycles. The molecule has 118 valence electrons. The number of ether oxygens (including phenoxy) is 1. The molecule has 0 radical (unpaired) electrons. The molecule has 0 spiro atoms. The summed E-state index contributed by atoms with van der Waals surface area (Å²) in [4.78, 5) is 2.60. The minimum atomic E-state index is 0.469. The summed E-state index contributed by atoms with van der Waals surface area (Å²) in [5.74, 6) is 1.03. The second-order valence-corrected chi connectivity index (χ2v) is 6.16. The molecule has 1 aliphatic heterocycles. The summed E-state index contributed by atoms with van der Waals surface area (Å²) in [7, 11) is 0. The van der Waals surface area contributed by atoms with Crippen LogP contribution in [0.5, 0.6) is 5.75 Å². The molecule has 1 aromatic rings. The highest BCUT2D eigenvalue weighted by Gasteiger charge is 2.24. The Hall–Kier alpha value is -1.06. The van der Waals surface area contributed by atoms with E-state index in [9.17, 15) is 0 Å². The van der Waals surface area contributed by atoms with Gasteiger partial charge in [0.15, 0.2) is 0 Å². The third kappa shape index (κ3) is 3.98. The van der Waals surface area contributed by atoms with Crippen LogP contribution in [0.1, 0.15) is 55.3 Å². The third-order valence-electron chi connectivity index (χ3n) is 4.41. The van der Waals surface area contributed by atoms with Crippen LogP contribution in [-0.4, -0.2) is 31.1 Å². The number of hydrogen-bond donors (Lipinski definition) is 1. The average molecular weight is 290 g/mol. The fourth-order valence-electron chi connectivity index (χ4n) is 3.28. The van der Waals surface area contributed by atoms with Crippen LogP contribution in [0.25, 0.3) is 0 Å². The predicted octanol–water partition coefficient (Wildman–Crippen LogP) is 3.58. The van der Waals surface area contributed by atoms with E-state index in [1.807, 2.05) is 0 Å². The lowest BCUT2D eigenvalue weighted by molar-refractivity contribution is 0.235. The number of nitrogens with two attached hydrogens (primary N) is 1. The first-order chi connectivity index (χ1) is 10.2. The smallest absolute Gasteiger partial charge is 0.122 e. The Morgan fingerprint density at radius 2 is 1.90 bits per heavy atom. The van der Waals surface area contributed by atoms with E-state index in [-0.39, 0.29) is 0 Å². The lowest BCUT2D eigenvalue weighted by Crippen LogP contribution is -2.28. The van der Waals surface area contributed by atoms with Crippen molar-refractivity contribution in [1.82, 2.24) is 4.90 Å². The van der Waals surface area contributed by atoms with Crippen molar-refractivity contribution in [3.8, 4) is 5.75 Å². The fraction of sp³-hybridized carbons (Fsp3) is 0.667. The molecule has 1 atom stereocenters. The number of benzene rings is 1. The highest BCUT2D eigenvalue weighted by atomic mass is 16.5. The maximum Gasteiger partial charge on any atom is 0.122 e. The Bertz CT molecular complexity index is 453. The van der Waals surface area contributed by atoms with E-state index in [2.05, 4.69) is 37.8 Å². The zero-order valence-corrected chi connectivity index (χ0v) is 13.8. The van der Waals surface area contributed by atoms with Crippen molar-refractivity contribution < 1.29 is 4.74 Å². The Kier molecular flexibility index (Phi) is 6.07. The van der Waals surface area contributed by atoms with E-state index in [4.69, 9.17) is 10.5 Å². The van der Waals surface area contributed by atoms with Crippen molar-refractivity contribution in [2.45, 2.75) is 52.5 Å². The topological polar surface area (TPSA) is 38.5 Å². The van der Waals surface area contributed by atoms with Crippen molar-refractivity contribution in [2.24, 2.45) is 5.73 Å². The minimum Gasteiger partial charge on any atom is -0.493 e. The zero-order chi connectivity index (χ0) is 15.2. The van der Waals surface area contributed by atoms with Gasteiger partial charge >= 0.3 is 0 Å². The van der Waals surface area contributed by atoms with Crippen LogP contribution in [0.15, 0.2) is 12.1 Å². The van der Waals surface area contributed by atoms with Crippen molar-refractivity contribution in [3.63, 3.8) is 0 Å². The number of nitrogens with zero attached hydrogens (tertiary/aromatic N) is 1. The van der Waals surface area contributed by atoms with Gasteiger partial charge in [-0.3, -0.25) is 4.90 Å². The first kappa shape index (κ1) is 16.3. The fourth-order valence-corrected chi connectivity index (χ4v) is 3.28. The largest absolute Gasteiger partial charge is 0.493 e. The van der Waals surface area contributed by atoms with Gasteiger partial charge in [-0.25, -0.2) is 0 Å². The SMILES string of the molecule is CCCOc1cc(C)c(C(CCN)N2CCCC2)cc1C. The second-order valence-electron chi connectivity index (χ2n) is 6.16. The molecule has 3 heteroatoms. The molecule has 0 aliphatic carbocycles. The van der Waals surface area contributed by atoms with E-state index < -0.39 is 0 Å². The predicted molar refractivity (Wildman–Crippen MR) is 88.9 cm³/mol. The van der Waals surface area contributed by atoms with Crippen LogP contribution in [0.3, 0.4) is 0 Å². The van der Waals surface area contributed by atoms with Crippen LogP contribution in [0, 0.1) is 13.8 Å². The van der Waals surface area contributed by atoms with Crippen LogP contribution < -0.4 is 10.5 Å². The van der Waals surface area contributed by atoms with Gasteiger partial charge in [-0.05, 0) is 81.9 Å². The van der Waals surface area contributed by atoms with Gasteiger partial charge in [-0.2, -0.15) is 0 Å². The molecular formula is C18H30N2O. The maximum atomic E-state index is 5.87. The Labute approximate surface area is 129 Å². The van der Waals surface area contributed by atoms with Crippen molar-refractivity contribution >= 4 is 0 Å². The molecule has 1 unspecified atom stereocenters. The monoisotopic (exact) mass is 290 g/mol. The average Bonchev–Trinajstić information content (AvgIpc) is 2.99. The number of rotatable bonds is 7. The van der Waals surface area contributed by atoms with Gasteiger partial charge in [0, 0.05) is 6.04 Å². The van der Waals surface area contributed by atoms with Crippen LogP contribution in [0.4, 0.5) is 0 Å². The van der Waals surface area contributed by atoms with Crippen molar-refractivity contribution in [3.05, 3.63) is 28.8 Å². The van der Waals surface area contributed by atoms with Crippen LogP contribution in [0.2, 0.25) is 0 Å². The van der Waals surface area contributed by atoms with Crippen LogP contribution >= 0.6 is 0 Å². The first-order valence-electron chi connectivity index (χ1n) is 8.35. The lowest BCUT2D eigenvalue weighted by atomic mass is 9.95. The van der Waals surface area contributed by atoms with E-state index in [0.717, 1.165) is 31.7 Å². The molecule has 1 aliphatic rings. The number of likely N-dealkylation sites (tertiary alicyclic amines) is 1. The van der Waals surface area contributed by atoms with Crippen molar-refractivity contribution in [2.75, 3.05) is 26.2 Å². The molecule has 1 heterocycles. The number of aryl methyl sites for hydroxylation is 2. The maximum absolute atomic E-state index is 5.87. The van der Waals surface area contributed by atoms with Crippen molar-refractivity contribution in [1.29, 1.82) is 0 Å². The van der Waals surface area contributed by atoms with Gasteiger partial charge in [0.2, 0.25) is 0 Å². The second kappa shape index (κ2) is 7.81. The molecule has 1 saturated heterocycles. The summed E-state index contributed by atoms with van der Waals surface area (Å²) >= 11 is 0. The summed E-state index contributed by atoms with van der Waals surface area (Å²) in [5, 5.41) is 0. The Morgan fingerprint density at radius 3 is 2.52 bits per heavy atom. The Balaban J connectivity index is 2.25. The molecule has 21 heavy (non-hydrogen) atoms. The summed E-state index contributed by atoms with van der Waals surface area (Å²) in [6, 6.07) is 5.00. The summed E-state index contributed by atoms with van der Waals surface area (Å²) in [6.45, 7) is 10.4. The highest BCUT2D eigenvalue weighted by molar-refractivity contribution is 5.43. The Morgan fingerprint density at radius 1 is 1.19 bits per heavy atom. The van der Waals surface area contributed by atoms with Gasteiger partial charge in [-0.1, -0.05) is 13.0 Å². The van der Waals surface area contributed by atoms with Gasteiger partial charge in [0.05, 0.1) is 6.61 Å². The molecule has 1 fully saturated rings. The zero-order valence-electron chi connectivity index (χ0n) is 13.8. The molecule has 0 saturated carbocycles. The molecule has 0 amide bonds. The number of hydrogen-bond acceptors (Lipinski definition) is 3. The first-order valence-corrected chi connectivity index (χ1v) is 8.35. The highest BCUT2D eigenvalue weighted by Crippen LogP contribution is 2.33. The quantitative estimate of drug-likeness (QED) is 0.834. The van der Waals surface area contributed by atoms with E-state index >= 15 is 0 Å². The van der Waals surface area contributed by atoms with Gasteiger partial charge in [0.25, 0.3) is 0 Å². The molecule has 1 aromatic carbocycles. The minimum absolute atomic E-state index is 0.469. The molecule has 2 rings (SSSR count). The summed E-state index contributed by atoms with van der Waals surface area (Å²) in [5.41, 5.74) is 9.87. The summed E-state index contributed by atoms with van der Waals surface area (Å²) < 4.78 is 5.85. The normalized spacial score (nSPS) is 17.1. The molecule has 3 nitrogen and oxygen atoms in total. The van der Waals surface area contributed by atoms with Crippen LogP contribution in [-0.2, 0) is 0 Å². The van der Waals surface area contributed by atoms with Gasteiger partial charge in [-0.15, -0.1) is 0 Å². The third-order valence-corrected chi connectivity index (χ3v) is 4.41. The molecule has 0 bridgehead atoms. The van der Waals surface area contributed by atoms with E-state index in [1.165, 1.54) is 42.6 Å². The van der Waals surface area contributed by atoms with Gasteiger partial charge < -0.3 is 10.5 Å². The summed E-state index contributed by atoms with van der Waals surface area (Å²) in [6.07, 6.45) is 4.72. The van der Waals surface area contributed by atoms with Gasteiger partial charge in [0.1, 0.15) is 5.75 Å².